The molecule has 98 valence electrons. The van der Waals surface area contributed by atoms with Crippen LogP contribution in [-0.4, -0.2) is 18.1 Å². The molecule has 0 aliphatic carbocycles. The van der Waals surface area contributed by atoms with Crippen LogP contribution < -0.4 is 10.6 Å². The lowest BCUT2D eigenvalue weighted by molar-refractivity contribution is 0.0993. The number of nitrogens with zero attached hydrogens (tertiary/aromatic N) is 1. The maximum absolute atomic E-state index is 12.3. The fourth-order valence-electron chi connectivity index (χ4n) is 1.80. The van der Waals surface area contributed by atoms with Gasteiger partial charge in [0.2, 0.25) is 0 Å². The maximum Gasteiger partial charge on any atom is 0.258 e. The summed E-state index contributed by atoms with van der Waals surface area (Å²) >= 11 is 0. The van der Waals surface area contributed by atoms with E-state index in [0.717, 1.165) is 5.69 Å². The van der Waals surface area contributed by atoms with E-state index < -0.39 is 0 Å². The van der Waals surface area contributed by atoms with E-state index in [1.807, 2.05) is 0 Å². The topological polar surface area (TPSA) is 66.6 Å². The van der Waals surface area contributed by atoms with Gasteiger partial charge in [-0.25, -0.2) is 0 Å². The molecule has 2 aromatic carbocycles. The molecule has 19 heavy (non-hydrogen) atoms. The molecule has 0 aliphatic rings. The van der Waals surface area contributed by atoms with E-state index in [2.05, 4.69) is 0 Å². The van der Waals surface area contributed by atoms with E-state index in [1.165, 1.54) is 6.07 Å². The quantitative estimate of drug-likeness (QED) is 0.811. The van der Waals surface area contributed by atoms with Gasteiger partial charge in [-0.3, -0.25) is 4.79 Å². The molecule has 0 radical (unpaired) electrons. The molecule has 2 rings (SSSR count). The summed E-state index contributed by atoms with van der Waals surface area (Å²) in [5.74, 6) is 0.0551. The summed E-state index contributed by atoms with van der Waals surface area (Å²) < 4.78 is 0. The second-order valence-electron chi connectivity index (χ2n) is 4.46. The Balaban J connectivity index is 2.28. The van der Waals surface area contributed by atoms with Gasteiger partial charge in [-0.2, -0.15) is 0 Å². The largest absolute Gasteiger partial charge is 0.508 e. The molecule has 0 unspecified atom stereocenters. The predicted octanol–water partition coefficient (Wildman–Crippen LogP) is 2.56. The smallest absolute Gasteiger partial charge is 0.258 e. The highest BCUT2D eigenvalue weighted by Crippen LogP contribution is 2.21. The third-order valence-electron chi connectivity index (χ3n) is 3.03. The van der Waals surface area contributed by atoms with Crippen LogP contribution in [0.25, 0.3) is 0 Å². The first kappa shape index (κ1) is 13.0. The highest BCUT2D eigenvalue weighted by molar-refractivity contribution is 6.06. The molecule has 0 bridgehead atoms. The highest BCUT2D eigenvalue weighted by Gasteiger charge is 2.14. The fraction of sp³-hybridized carbons (Fsp3) is 0.133. The zero-order chi connectivity index (χ0) is 14.0. The zero-order valence-corrected chi connectivity index (χ0v) is 10.9. The lowest BCUT2D eigenvalue weighted by atomic mass is 10.1. The van der Waals surface area contributed by atoms with Gasteiger partial charge < -0.3 is 15.7 Å². The number of nitrogens with two attached hydrogens (primary N) is 1. The van der Waals surface area contributed by atoms with Crippen LogP contribution in [0.5, 0.6) is 5.75 Å². The molecule has 0 heterocycles. The Hall–Kier alpha value is -2.49. The maximum atomic E-state index is 12.3. The lowest BCUT2D eigenvalue weighted by Gasteiger charge is -2.18. The molecule has 0 spiro atoms. The summed E-state index contributed by atoms with van der Waals surface area (Å²) in [5, 5.41) is 9.47. The van der Waals surface area contributed by atoms with Crippen LogP contribution in [0, 0.1) is 6.92 Å². The summed E-state index contributed by atoms with van der Waals surface area (Å²) in [6.07, 6.45) is 0. The average Bonchev–Trinajstić information content (AvgIpc) is 2.41. The van der Waals surface area contributed by atoms with Crippen molar-refractivity contribution < 1.29 is 9.90 Å². The number of aryl methyl sites for hydroxylation is 1. The van der Waals surface area contributed by atoms with Gasteiger partial charge in [-0.15, -0.1) is 0 Å². The van der Waals surface area contributed by atoms with E-state index in [9.17, 15) is 9.90 Å². The molecule has 2 aromatic rings. The number of carbonyl (C=O) groups excluding carboxylic acids is 1. The van der Waals surface area contributed by atoms with Crippen LogP contribution >= 0.6 is 0 Å². The summed E-state index contributed by atoms with van der Waals surface area (Å²) in [4.78, 5) is 13.9. The Morgan fingerprint density at radius 2 is 1.79 bits per heavy atom. The van der Waals surface area contributed by atoms with Crippen molar-refractivity contribution in [2.24, 2.45) is 0 Å². The van der Waals surface area contributed by atoms with E-state index in [0.29, 0.717) is 16.8 Å². The monoisotopic (exact) mass is 256 g/mol. The third-order valence-corrected chi connectivity index (χ3v) is 3.03. The molecular weight excluding hydrogens is 240 g/mol. The Morgan fingerprint density at radius 3 is 2.37 bits per heavy atom. The normalized spacial score (nSPS) is 10.2. The number of rotatable bonds is 2. The van der Waals surface area contributed by atoms with E-state index in [-0.39, 0.29) is 11.7 Å². The van der Waals surface area contributed by atoms with Gasteiger partial charge in [0, 0.05) is 24.0 Å². The van der Waals surface area contributed by atoms with Crippen molar-refractivity contribution >= 4 is 17.3 Å². The van der Waals surface area contributed by atoms with Crippen molar-refractivity contribution in [1.29, 1.82) is 0 Å². The van der Waals surface area contributed by atoms with Crippen molar-refractivity contribution in [3.63, 3.8) is 0 Å². The first-order valence-corrected chi connectivity index (χ1v) is 5.92. The molecule has 0 atom stereocenters. The molecule has 0 aliphatic heterocycles. The highest BCUT2D eigenvalue weighted by atomic mass is 16.3. The van der Waals surface area contributed by atoms with Crippen molar-refractivity contribution in [3.8, 4) is 5.75 Å². The summed E-state index contributed by atoms with van der Waals surface area (Å²) in [5.41, 5.74) is 8.26. The average molecular weight is 256 g/mol. The van der Waals surface area contributed by atoms with Gasteiger partial charge in [0.1, 0.15) is 5.75 Å². The summed E-state index contributed by atoms with van der Waals surface area (Å²) in [6.45, 7) is 1.76. The van der Waals surface area contributed by atoms with Crippen LogP contribution in [0.4, 0.5) is 11.4 Å². The number of phenols is 1. The van der Waals surface area contributed by atoms with Crippen LogP contribution in [0.1, 0.15) is 15.9 Å². The Kier molecular flexibility index (Phi) is 3.42. The molecule has 1 amide bonds. The van der Waals surface area contributed by atoms with Crippen LogP contribution in [0.3, 0.4) is 0 Å². The number of benzene rings is 2. The molecule has 0 fully saturated rings. The molecule has 0 saturated carbocycles. The van der Waals surface area contributed by atoms with Crippen molar-refractivity contribution in [1.82, 2.24) is 0 Å². The molecular formula is C15H16N2O2. The van der Waals surface area contributed by atoms with Crippen molar-refractivity contribution in [2.45, 2.75) is 6.92 Å². The molecule has 3 N–H and O–H groups in total. The van der Waals surface area contributed by atoms with E-state index in [1.54, 1.807) is 55.3 Å². The standard InChI is InChI=1S/C15H16N2O2/c1-10-9-11(3-8-14(10)18)15(19)17(2)13-6-4-12(16)5-7-13/h3-9,18H,16H2,1-2H3. The van der Waals surface area contributed by atoms with Gasteiger partial charge in [0.15, 0.2) is 0 Å². The Labute approximate surface area is 112 Å². The Bertz CT molecular complexity index is 606. The molecule has 0 saturated heterocycles. The van der Waals surface area contributed by atoms with Gasteiger partial charge in [0.05, 0.1) is 0 Å². The van der Waals surface area contributed by atoms with Gasteiger partial charge in [-0.1, -0.05) is 0 Å². The summed E-state index contributed by atoms with van der Waals surface area (Å²) in [7, 11) is 1.70. The number of phenolic OH excluding ortho intramolecular Hbond substituents is 1. The first-order valence-electron chi connectivity index (χ1n) is 5.92. The minimum Gasteiger partial charge on any atom is -0.508 e. The predicted molar refractivity (Wildman–Crippen MR) is 76.4 cm³/mol. The number of nitrogen functional groups attached to an aromatic ring is 1. The third kappa shape index (κ3) is 2.68. The molecule has 4 nitrogen and oxygen atoms in total. The van der Waals surface area contributed by atoms with Crippen LogP contribution in [0.15, 0.2) is 42.5 Å². The van der Waals surface area contributed by atoms with Gasteiger partial charge in [0.25, 0.3) is 5.91 Å². The van der Waals surface area contributed by atoms with Gasteiger partial charge >= 0.3 is 0 Å². The lowest BCUT2D eigenvalue weighted by Crippen LogP contribution is -2.26. The molecule has 0 aromatic heterocycles. The SMILES string of the molecule is Cc1cc(C(=O)N(C)c2ccc(N)cc2)ccc1O. The first-order chi connectivity index (χ1) is 8.99. The number of anilines is 2. The van der Waals surface area contributed by atoms with Gasteiger partial charge in [-0.05, 0) is 55.0 Å². The van der Waals surface area contributed by atoms with E-state index >= 15 is 0 Å². The van der Waals surface area contributed by atoms with Crippen LogP contribution in [0.2, 0.25) is 0 Å². The number of amides is 1. The fourth-order valence-corrected chi connectivity index (χ4v) is 1.80. The molecule has 4 heteroatoms. The minimum absolute atomic E-state index is 0.132. The zero-order valence-electron chi connectivity index (χ0n) is 10.9. The number of hydrogen-bond donors (Lipinski definition) is 2. The second kappa shape index (κ2) is 5.02. The number of carbonyl (C=O) groups is 1. The van der Waals surface area contributed by atoms with E-state index in [4.69, 9.17) is 5.73 Å². The Morgan fingerprint density at radius 1 is 1.16 bits per heavy atom. The van der Waals surface area contributed by atoms with Crippen LogP contribution in [-0.2, 0) is 0 Å². The minimum atomic E-state index is -0.132. The second-order valence-corrected chi connectivity index (χ2v) is 4.46. The number of aromatic hydroxyl groups is 1. The van der Waals surface area contributed by atoms with Crippen molar-refractivity contribution in [2.75, 3.05) is 17.7 Å². The van der Waals surface area contributed by atoms with Crippen molar-refractivity contribution in [3.05, 3.63) is 53.6 Å². The summed E-state index contributed by atoms with van der Waals surface area (Å²) in [6, 6.07) is 11.9. The number of hydrogen-bond acceptors (Lipinski definition) is 3.